The van der Waals surface area contributed by atoms with Gasteiger partial charge in [0.25, 0.3) is 0 Å². The highest BCUT2D eigenvalue weighted by Crippen LogP contribution is 2.46. The fraction of sp³-hybridized carbons (Fsp3) is 0.0213. The molecule has 0 unspecified atom stereocenters. The molecule has 1 nitrogen and oxygen atoms in total. The summed E-state index contributed by atoms with van der Waals surface area (Å²) in [5.41, 5.74) is 11.7. The van der Waals surface area contributed by atoms with E-state index in [4.69, 9.17) is 0 Å². The van der Waals surface area contributed by atoms with Crippen molar-refractivity contribution in [1.29, 1.82) is 0 Å². The summed E-state index contributed by atoms with van der Waals surface area (Å²) in [6, 6.07) is 61.0. The van der Waals surface area contributed by atoms with E-state index in [1.807, 2.05) is 0 Å². The van der Waals surface area contributed by atoms with Gasteiger partial charge in [0, 0.05) is 16.5 Å². The quantitative estimate of drug-likeness (QED) is 0.172. The second-order valence-corrected chi connectivity index (χ2v) is 13.2. The van der Waals surface area contributed by atoms with Crippen LogP contribution in [-0.4, -0.2) is 4.57 Å². The van der Waals surface area contributed by atoms with Crippen LogP contribution in [0.2, 0.25) is 0 Å². The van der Waals surface area contributed by atoms with E-state index in [-0.39, 0.29) is 0 Å². The summed E-state index contributed by atoms with van der Waals surface area (Å²) >= 11 is 0. The fourth-order valence-corrected chi connectivity index (χ4v) is 8.69. The minimum atomic E-state index is 0.940. The van der Waals surface area contributed by atoms with Crippen LogP contribution in [0.15, 0.2) is 164 Å². The lowest BCUT2D eigenvalue weighted by atomic mass is 9.90. The zero-order valence-corrected chi connectivity index (χ0v) is 26.2. The van der Waals surface area contributed by atoms with E-state index in [1.165, 1.54) is 104 Å². The lowest BCUT2D eigenvalue weighted by Crippen LogP contribution is -1.98. The average molecular weight is 608 g/mol. The van der Waals surface area contributed by atoms with Gasteiger partial charge in [0.05, 0.1) is 11.0 Å². The van der Waals surface area contributed by atoms with E-state index in [0.717, 1.165) is 6.42 Å². The van der Waals surface area contributed by atoms with Gasteiger partial charge in [-0.2, -0.15) is 0 Å². The summed E-state index contributed by atoms with van der Waals surface area (Å²) in [5.74, 6) is 0. The molecular formula is C47H29N. The molecule has 10 aromatic rings. The van der Waals surface area contributed by atoms with Gasteiger partial charge >= 0.3 is 0 Å². The third-order valence-electron chi connectivity index (χ3n) is 10.8. The Morgan fingerprint density at radius 3 is 1.77 bits per heavy atom. The Kier molecular flexibility index (Phi) is 5.23. The summed E-state index contributed by atoms with van der Waals surface area (Å²) < 4.78 is 2.49. The Morgan fingerprint density at radius 1 is 0.375 bits per heavy atom. The smallest absolute Gasteiger partial charge is 0.0547 e. The van der Waals surface area contributed by atoms with Crippen molar-refractivity contribution in [2.24, 2.45) is 0 Å². The Morgan fingerprint density at radius 2 is 0.979 bits per heavy atom. The van der Waals surface area contributed by atoms with Gasteiger partial charge < -0.3 is 4.57 Å². The Balaban J connectivity index is 1.25. The van der Waals surface area contributed by atoms with Crippen LogP contribution in [0.3, 0.4) is 0 Å². The molecule has 1 aliphatic rings. The zero-order valence-electron chi connectivity index (χ0n) is 26.2. The first-order valence-corrected chi connectivity index (χ1v) is 16.8. The highest BCUT2D eigenvalue weighted by atomic mass is 15.0. The number of hydrogen-bond acceptors (Lipinski definition) is 0. The van der Waals surface area contributed by atoms with Crippen LogP contribution in [0.4, 0.5) is 0 Å². The molecular weight excluding hydrogens is 579 g/mol. The number of fused-ring (bicyclic) bond motifs is 14. The van der Waals surface area contributed by atoms with Crippen molar-refractivity contribution in [2.75, 3.05) is 0 Å². The minimum absolute atomic E-state index is 0.940. The van der Waals surface area contributed by atoms with Crippen molar-refractivity contribution < 1.29 is 0 Å². The number of para-hydroxylation sites is 1. The summed E-state index contributed by atoms with van der Waals surface area (Å²) in [7, 11) is 0. The summed E-state index contributed by atoms with van der Waals surface area (Å²) in [4.78, 5) is 0. The third kappa shape index (κ3) is 3.51. The molecule has 0 atom stereocenters. The van der Waals surface area contributed by atoms with Crippen LogP contribution in [0.1, 0.15) is 11.1 Å². The first-order valence-electron chi connectivity index (χ1n) is 16.8. The van der Waals surface area contributed by atoms with Crippen molar-refractivity contribution in [3.63, 3.8) is 0 Å². The normalized spacial score (nSPS) is 12.5. The van der Waals surface area contributed by atoms with Gasteiger partial charge in [0.1, 0.15) is 0 Å². The third-order valence-corrected chi connectivity index (χ3v) is 10.8. The fourth-order valence-electron chi connectivity index (χ4n) is 8.69. The van der Waals surface area contributed by atoms with Crippen molar-refractivity contribution in [3.8, 4) is 27.9 Å². The van der Waals surface area contributed by atoms with Gasteiger partial charge in [-0.05, 0) is 113 Å². The van der Waals surface area contributed by atoms with Gasteiger partial charge in [-0.25, -0.2) is 0 Å². The molecule has 1 aromatic heterocycles. The Hall–Kier alpha value is -6.18. The second kappa shape index (κ2) is 9.67. The van der Waals surface area contributed by atoms with Gasteiger partial charge in [-0.15, -0.1) is 0 Å². The Bertz CT molecular complexity index is 2940. The van der Waals surface area contributed by atoms with Gasteiger partial charge in [0.2, 0.25) is 0 Å². The molecule has 48 heavy (non-hydrogen) atoms. The predicted molar refractivity (Wildman–Crippen MR) is 204 cm³/mol. The van der Waals surface area contributed by atoms with E-state index in [2.05, 4.69) is 168 Å². The Labute approximate surface area is 277 Å². The first-order chi connectivity index (χ1) is 23.8. The topological polar surface area (TPSA) is 4.93 Å². The SMILES string of the molecule is c1ccc2c(c1)Cc1c(-c3ccc4c5ccccc5c5ccccc5c4c3)cc(-n3c4ccccc4c4c5ccccc5ccc43)cc1-2. The van der Waals surface area contributed by atoms with Crippen LogP contribution in [0.25, 0.3) is 92.8 Å². The molecule has 11 rings (SSSR count). The molecule has 0 saturated heterocycles. The minimum Gasteiger partial charge on any atom is -0.309 e. The van der Waals surface area contributed by atoms with Crippen LogP contribution in [0, 0.1) is 0 Å². The highest BCUT2D eigenvalue weighted by Gasteiger charge is 2.25. The molecule has 0 spiro atoms. The molecule has 0 saturated carbocycles. The first kappa shape index (κ1) is 25.9. The van der Waals surface area contributed by atoms with Crippen LogP contribution in [-0.2, 0) is 6.42 Å². The monoisotopic (exact) mass is 607 g/mol. The predicted octanol–water partition coefficient (Wildman–Crippen LogP) is 12.6. The summed E-state index contributed by atoms with van der Waals surface area (Å²) in [5, 5.41) is 13.0. The standard InChI is InChI=1S/C47H29N/c1-4-14-34-29(11-1)22-24-46-47(34)40-19-9-10-20-45(40)48(46)32-27-41(43-25-30-12-2-3-13-33(30)44(43)28-32)31-21-23-39-37-17-6-5-15-35(37)36-16-7-8-18-38(36)42(39)26-31/h1-24,26-28H,25H2. The van der Waals surface area contributed by atoms with E-state index in [0.29, 0.717) is 0 Å². The molecule has 0 aliphatic heterocycles. The number of nitrogens with zero attached hydrogens (tertiary/aromatic N) is 1. The number of benzene rings is 9. The van der Waals surface area contributed by atoms with E-state index in [9.17, 15) is 0 Å². The maximum absolute atomic E-state index is 2.49. The second-order valence-electron chi connectivity index (χ2n) is 13.2. The van der Waals surface area contributed by atoms with Crippen molar-refractivity contribution in [1.82, 2.24) is 4.57 Å². The molecule has 0 fully saturated rings. The summed E-state index contributed by atoms with van der Waals surface area (Å²) in [6.07, 6.45) is 0.940. The largest absolute Gasteiger partial charge is 0.309 e. The zero-order chi connectivity index (χ0) is 31.3. The van der Waals surface area contributed by atoms with Crippen molar-refractivity contribution in [3.05, 3.63) is 175 Å². The van der Waals surface area contributed by atoms with Crippen molar-refractivity contribution >= 4 is 64.9 Å². The molecule has 1 heteroatoms. The lowest BCUT2D eigenvalue weighted by Gasteiger charge is -2.17. The van der Waals surface area contributed by atoms with E-state index in [1.54, 1.807) is 0 Å². The molecule has 222 valence electrons. The molecule has 9 aromatic carbocycles. The van der Waals surface area contributed by atoms with Crippen LogP contribution in [0.5, 0.6) is 0 Å². The maximum atomic E-state index is 2.49. The average Bonchev–Trinajstić information content (AvgIpc) is 3.70. The molecule has 0 bridgehead atoms. The molecule has 0 radical (unpaired) electrons. The van der Waals surface area contributed by atoms with Gasteiger partial charge in [0.15, 0.2) is 0 Å². The number of rotatable bonds is 2. The number of hydrogen-bond donors (Lipinski definition) is 0. The lowest BCUT2D eigenvalue weighted by molar-refractivity contribution is 1.17. The molecule has 1 aliphatic carbocycles. The van der Waals surface area contributed by atoms with Gasteiger partial charge in [-0.3, -0.25) is 0 Å². The molecule has 1 heterocycles. The molecule has 0 amide bonds. The number of aromatic nitrogens is 1. The van der Waals surface area contributed by atoms with E-state index >= 15 is 0 Å². The highest BCUT2D eigenvalue weighted by molar-refractivity contribution is 6.26. The van der Waals surface area contributed by atoms with Gasteiger partial charge in [-0.1, -0.05) is 133 Å². The molecule has 0 N–H and O–H groups in total. The summed E-state index contributed by atoms with van der Waals surface area (Å²) in [6.45, 7) is 0. The van der Waals surface area contributed by atoms with E-state index < -0.39 is 0 Å². The van der Waals surface area contributed by atoms with Crippen LogP contribution >= 0.6 is 0 Å². The maximum Gasteiger partial charge on any atom is 0.0547 e. The van der Waals surface area contributed by atoms with Crippen molar-refractivity contribution in [2.45, 2.75) is 6.42 Å². The van der Waals surface area contributed by atoms with Crippen LogP contribution < -0.4 is 0 Å².